The fraction of sp³-hybridized carbons (Fsp3) is 0.211. The molecule has 0 aliphatic rings. The Morgan fingerprint density at radius 3 is 2.39 bits per heavy atom. The zero-order valence-corrected chi connectivity index (χ0v) is 14.4. The molecule has 0 unspecified atom stereocenters. The van der Waals surface area contributed by atoms with Gasteiger partial charge in [-0.15, -0.1) is 0 Å². The van der Waals surface area contributed by atoms with Crippen molar-refractivity contribution in [2.45, 2.75) is 20.8 Å². The molecule has 1 N–H and O–H groups in total. The molecule has 0 saturated carbocycles. The van der Waals surface area contributed by atoms with Crippen LogP contribution in [-0.4, -0.2) is 14.9 Å². The molecule has 23 heavy (non-hydrogen) atoms. The van der Waals surface area contributed by atoms with Crippen LogP contribution in [0.1, 0.15) is 16.8 Å². The van der Waals surface area contributed by atoms with Gasteiger partial charge in [0.1, 0.15) is 5.75 Å². The molecule has 1 heterocycles. The van der Waals surface area contributed by atoms with Crippen LogP contribution >= 0.6 is 11.6 Å². The van der Waals surface area contributed by atoms with Crippen LogP contribution in [-0.2, 0) is 7.05 Å². The number of hydrogen-bond donors (Lipinski definition) is 1. The van der Waals surface area contributed by atoms with Gasteiger partial charge in [0, 0.05) is 23.2 Å². The summed E-state index contributed by atoms with van der Waals surface area (Å²) in [7, 11) is 1.93. The Balaban J connectivity index is 2.24. The fourth-order valence-electron chi connectivity index (χ4n) is 3.00. The maximum atomic E-state index is 10.4. The lowest BCUT2D eigenvalue weighted by atomic mass is 9.93. The molecule has 3 rings (SSSR count). The highest BCUT2D eigenvalue weighted by Crippen LogP contribution is 2.39. The zero-order valence-electron chi connectivity index (χ0n) is 13.7. The number of nitrogens with zero attached hydrogens (tertiary/aromatic N) is 2. The highest BCUT2D eigenvalue weighted by atomic mass is 35.5. The van der Waals surface area contributed by atoms with Crippen molar-refractivity contribution in [3.05, 3.63) is 58.2 Å². The molecule has 0 spiro atoms. The van der Waals surface area contributed by atoms with Crippen LogP contribution in [0.15, 0.2) is 36.4 Å². The van der Waals surface area contributed by atoms with Gasteiger partial charge < -0.3 is 5.11 Å². The van der Waals surface area contributed by atoms with Crippen molar-refractivity contribution in [1.82, 2.24) is 9.78 Å². The number of aromatic nitrogens is 2. The van der Waals surface area contributed by atoms with E-state index < -0.39 is 0 Å². The van der Waals surface area contributed by atoms with E-state index in [1.165, 1.54) is 0 Å². The van der Waals surface area contributed by atoms with Crippen molar-refractivity contribution < 1.29 is 5.11 Å². The average Bonchev–Trinajstić information content (AvgIpc) is 2.81. The molecule has 2 aromatic carbocycles. The molecular formula is C19H19ClN2O. The topological polar surface area (TPSA) is 38.0 Å². The van der Waals surface area contributed by atoms with E-state index in [0.29, 0.717) is 0 Å². The van der Waals surface area contributed by atoms with Crippen LogP contribution in [0, 0.1) is 20.8 Å². The third-order valence-electron chi connectivity index (χ3n) is 4.17. The molecule has 0 bridgehead atoms. The summed E-state index contributed by atoms with van der Waals surface area (Å²) in [6, 6.07) is 11.5. The minimum atomic E-state index is 0.270. The van der Waals surface area contributed by atoms with Crippen molar-refractivity contribution in [3.8, 4) is 28.1 Å². The average molecular weight is 327 g/mol. The number of benzene rings is 2. The van der Waals surface area contributed by atoms with Crippen LogP contribution in [0.3, 0.4) is 0 Å². The van der Waals surface area contributed by atoms with Gasteiger partial charge in [-0.25, -0.2) is 0 Å². The van der Waals surface area contributed by atoms with E-state index in [2.05, 4.69) is 11.2 Å². The molecule has 0 amide bonds. The Hall–Kier alpha value is -2.26. The summed E-state index contributed by atoms with van der Waals surface area (Å²) in [5.74, 6) is 0.270. The van der Waals surface area contributed by atoms with E-state index in [0.717, 1.165) is 44.2 Å². The quantitative estimate of drug-likeness (QED) is 0.716. The Morgan fingerprint density at radius 2 is 1.78 bits per heavy atom. The molecule has 0 saturated heterocycles. The predicted molar refractivity (Wildman–Crippen MR) is 95.0 cm³/mol. The fourth-order valence-corrected chi connectivity index (χ4v) is 3.12. The molecule has 0 fully saturated rings. The van der Waals surface area contributed by atoms with Gasteiger partial charge in [0.25, 0.3) is 0 Å². The Kier molecular flexibility index (Phi) is 3.90. The van der Waals surface area contributed by atoms with Crippen LogP contribution < -0.4 is 0 Å². The predicted octanol–water partition coefficient (Wildman–Crippen LogP) is 5.04. The van der Waals surface area contributed by atoms with Gasteiger partial charge >= 0.3 is 0 Å². The summed E-state index contributed by atoms with van der Waals surface area (Å²) in [6.45, 7) is 5.96. The normalized spacial score (nSPS) is 11.0. The summed E-state index contributed by atoms with van der Waals surface area (Å²) in [4.78, 5) is 0. The van der Waals surface area contributed by atoms with Gasteiger partial charge in [0.2, 0.25) is 0 Å². The van der Waals surface area contributed by atoms with Gasteiger partial charge in [-0.05, 0) is 67.8 Å². The summed E-state index contributed by atoms with van der Waals surface area (Å²) in [5, 5.41) is 15.5. The highest BCUT2D eigenvalue weighted by molar-refractivity contribution is 6.31. The maximum absolute atomic E-state index is 10.4. The van der Waals surface area contributed by atoms with Crippen LogP contribution in [0.2, 0.25) is 5.02 Å². The lowest BCUT2D eigenvalue weighted by Crippen LogP contribution is -1.97. The zero-order chi connectivity index (χ0) is 16.7. The molecule has 3 nitrogen and oxygen atoms in total. The smallest absolute Gasteiger partial charge is 0.123 e. The molecule has 4 heteroatoms. The summed E-state index contributed by atoms with van der Waals surface area (Å²) in [6.07, 6.45) is 0. The third-order valence-corrected chi connectivity index (χ3v) is 4.59. The van der Waals surface area contributed by atoms with Crippen LogP contribution in [0.25, 0.3) is 22.4 Å². The standard InChI is InChI=1S/C19H19ClN2O/c1-11-9-14(5-7-16(11)20)19-13(3)15(6-8-18(19)23)17-10-12(2)21-22(17)4/h5-10,23H,1-4H3. The second-order valence-electron chi connectivity index (χ2n) is 5.89. The molecule has 0 aliphatic heterocycles. The van der Waals surface area contributed by atoms with E-state index in [9.17, 15) is 5.11 Å². The largest absolute Gasteiger partial charge is 0.507 e. The van der Waals surface area contributed by atoms with Crippen molar-refractivity contribution in [3.63, 3.8) is 0 Å². The first kappa shape index (κ1) is 15.6. The van der Waals surface area contributed by atoms with E-state index in [-0.39, 0.29) is 5.75 Å². The van der Waals surface area contributed by atoms with Gasteiger partial charge in [-0.3, -0.25) is 4.68 Å². The minimum absolute atomic E-state index is 0.270. The minimum Gasteiger partial charge on any atom is -0.507 e. The van der Waals surface area contributed by atoms with Crippen LogP contribution in [0.5, 0.6) is 5.75 Å². The van der Waals surface area contributed by atoms with Gasteiger partial charge in [0.15, 0.2) is 0 Å². The van der Waals surface area contributed by atoms with Crippen molar-refractivity contribution in [2.24, 2.45) is 7.05 Å². The number of aryl methyl sites for hydroxylation is 3. The number of hydrogen-bond acceptors (Lipinski definition) is 2. The highest BCUT2D eigenvalue weighted by Gasteiger charge is 2.16. The third kappa shape index (κ3) is 2.73. The van der Waals surface area contributed by atoms with E-state index in [1.54, 1.807) is 6.07 Å². The summed E-state index contributed by atoms with van der Waals surface area (Å²) < 4.78 is 1.87. The molecule has 3 aromatic rings. The monoisotopic (exact) mass is 326 g/mol. The molecular weight excluding hydrogens is 308 g/mol. The Morgan fingerprint density at radius 1 is 1.04 bits per heavy atom. The first-order chi connectivity index (χ1) is 10.9. The van der Waals surface area contributed by atoms with Gasteiger partial charge in [0.05, 0.1) is 11.4 Å². The lowest BCUT2D eigenvalue weighted by molar-refractivity contribution is 0.477. The Labute approximate surface area is 141 Å². The molecule has 0 aliphatic carbocycles. The van der Waals surface area contributed by atoms with Gasteiger partial charge in [-0.1, -0.05) is 17.7 Å². The second kappa shape index (κ2) is 5.74. The van der Waals surface area contributed by atoms with Crippen LogP contribution in [0.4, 0.5) is 0 Å². The van der Waals surface area contributed by atoms with Gasteiger partial charge in [-0.2, -0.15) is 5.10 Å². The first-order valence-electron chi connectivity index (χ1n) is 7.48. The number of phenols is 1. The van der Waals surface area contributed by atoms with Crippen molar-refractivity contribution >= 4 is 11.6 Å². The lowest BCUT2D eigenvalue weighted by Gasteiger charge is -2.14. The van der Waals surface area contributed by atoms with Crippen molar-refractivity contribution in [1.29, 1.82) is 0 Å². The number of phenolic OH excluding ortho intramolecular Hbond substituents is 1. The van der Waals surface area contributed by atoms with Crippen molar-refractivity contribution in [2.75, 3.05) is 0 Å². The maximum Gasteiger partial charge on any atom is 0.123 e. The summed E-state index contributed by atoms with van der Waals surface area (Å²) in [5.41, 5.74) is 6.88. The molecule has 0 atom stereocenters. The number of aromatic hydroxyl groups is 1. The Bertz CT molecular complexity index is 897. The molecule has 118 valence electrons. The second-order valence-corrected chi connectivity index (χ2v) is 6.30. The molecule has 1 aromatic heterocycles. The molecule has 0 radical (unpaired) electrons. The SMILES string of the molecule is Cc1cc(-c2ccc(O)c(-c3ccc(Cl)c(C)c3)c2C)n(C)n1. The first-order valence-corrected chi connectivity index (χ1v) is 7.86. The number of rotatable bonds is 2. The summed E-state index contributed by atoms with van der Waals surface area (Å²) >= 11 is 6.12. The van der Waals surface area contributed by atoms with E-state index in [4.69, 9.17) is 11.6 Å². The van der Waals surface area contributed by atoms with E-state index in [1.807, 2.05) is 56.8 Å². The number of halogens is 1. The van der Waals surface area contributed by atoms with E-state index >= 15 is 0 Å².